The lowest BCUT2D eigenvalue weighted by Crippen LogP contribution is -2.06. The molecule has 1 N–H and O–H groups in total. The number of hydrogen-bond acceptors (Lipinski definition) is 4. The molecule has 3 aromatic rings. The summed E-state index contributed by atoms with van der Waals surface area (Å²) in [6, 6.07) is 6.18. The van der Waals surface area contributed by atoms with Crippen LogP contribution in [0.3, 0.4) is 0 Å². The zero-order chi connectivity index (χ0) is 19.7. The lowest BCUT2D eigenvalue weighted by atomic mass is 10.0. The molecule has 3 rings (SSSR count). The molecule has 1 atom stereocenters. The molecule has 144 valence electrons. The second-order valence-electron chi connectivity index (χ2n) is 7.46. The molecule has 0 unspecified atom stereocenters. The van der Waals surface area contributed by atoms with Crippen molar-refractivity contribution < 1.29 is 9.84 Å². The molecule has 5 nitrogen and oxygen atoms in total. The van der Waals surface area contributed by atoms with E-state index in [4.69, 9.17) is 9.72 Å². The zero-order valence-electron chi connectivity index (χ0n) is 17.1. The van der Waals surface area contributed by atoms with Crippen molar-refractivity contribution in [1.29, 1.82) is 0 Å². The first-order valence-corrected chi connectivity index (χ1v) is 9.59. The van der Waals surface area contributed by atoms with Gasteiger partial charge in [0.05, 0.1) is 29.4 Å². The molecule has 3 heterocycles. The van der Waals surface area contributed by atoms with Gasteiger partial charge in [-0.15, -0.1) is 0 Å². The standard InChI is InChI=1S/C22H29N3O2/c1-7-8-19(26)25-12-15(5)21-18(25)11-14(4)20(24-21)16-9-10-17(13(2)3)23-22(16)27-6/h9-13,19,26H,7-8H2,1-6H3/t19-/m1/s1. The van der Waals surface area contributed by atoms with E-state index in [9.17, 15) is 5.11 Å². The fraction of sp³-hybridized carbons (Fsp3) is 0.455. The molecule has 3 aromatic heterocycles. The highest BCUT2D eigenvalue weighted by molar-refractivity contribution is 5.85. The number of methoxy groups -OCH3 is 1. The Balaban J connectivity index is 2.17. The van der Waals surface area contributed by atoms with Gasteiger partial charge in [-0.25, -0.2) is 9.97 Å². The van der Waals surface area contributed by atoms with Gasteiger partial charge in [-0.1, -0.05) is 27.2 Å². The maximum Gasteiger partial charge on any atom is 0.222 e. The summed E-state index contributed by atoms with van der Waals surface area (Å²) in [5.74, 6) is 0.931. The van der Waals surface area contributed by atoms with Crippen molar-refractivity contribution in [2.45, 2.75) is 59.6 Å². The molecule has 27 heavy (non-hydrogen) atoms. The third-order valence-electron chi connectivity index (χ3n) is 4.97. The second-order valence-corrected chi connectivity index (χ2v) is 7.46. The Labute approximate surface area is 161 Å². The Morgan fingerprint density at radius 1 is 1.15 bits per heavy atom. The highest BCUT2D eigenvalue weighted by Crippen LogP contribution is 2.34. The van der Waals surface area contributed by atoms with Crippen molar-refractivity contribution in [2.24, 2.45) is 0 Å². The second kappa shape index (κ2) is 7.69. The predicted molar refractivity (Wildman–Crippen MR) is 109 cm³/mol. The Hall–Kier alpha value is -2.40. The van der Waals surface area contributed by atoms with E-state index >= 15 is 0 Å². The van der Waals surface area contributed by atoms with E-state index in [0.717, 1.165) is 52.0 Å². The Bertz CT molecular complexity index is 960. The predicted octanol–water partition coefficient (Wildman–Crippen LogP) is 5.14. The topological polar surface area (TPSA) is 60.2 Å². The van der Waals surface area contributed by atoms with Crippen molar-refractivity contribution in [3.8, 4) is 17.1 Å². The number of rotatable bonds is 6. The van der Waals surface area contributed by atoms with E-state index in [2.05, 4.69) is 31.8 Å². The van der Waals surface area contributed by atoms with Crippen molar-refractivity contribution in [1.82, 2.24) is 14.5 Å². The van der Waals surface area contributed by atoms with Crippen LogP contribution in [0.15, 0.2) is 24.4 Å². The monoisotopic (exact) mass is 367 g/mol. The van der Waals surface area contributed by atoms with Crippen LogP contribution < -0.4 is 4.74 Å². The first-order valence-electron chi connectivity index (χ1n) is 9.59. The fourth-order valence-electron chi connectivity index (χ4n) is 3.45. The van der Waals surface area contributed by atoms with Crippen LogP contribution >= 0.6 is 0 Å². The van der Waals surface area contributed by atoms with Crippen LogP contribution in [0.25, 0.3) is 22.3 Å². The summed E-state index contributed by atoms with van der Waals surface area (Å²) >= 11 is 0. The summed E-state index contributed by atoms with van der Waals surface area (Å²) in [5, 5.41) is 10.5. The number of ether oxygens (including phenoxy) is 1. The first kappa shape index (κ1) is 19.4. The van der Waals surface area contributed by atoms with Crippen molar-refractivity contribution >= 4 is 11.0 Å². The van der Waals surface area contributed by atoms with Crippen LogP contribution in [0.2, 0.25) is 0 Å². The van der Waals surface area contributed by atoms with E-state index in [-0.39, 0.29) is 0 Å². The van der Waals surface area contributed by atoms with Crippen LogP contribution in [-0.4, -0.2) is 26.8 Å². The van der Waals surface area contributed by atoms with E-state index in [0.29, 0.717) is 11.8 Å². The number of pyridine rings is 2. The van der Waals surface area contributed by atoms with Crippen molar-refractivity contribution in [3.05, 3.63) is 41.2 Å². The van der Waals surface area contributed by atoms with Gasteiger partial charge in [-0.2, -0.15) is 0 Å². The summed E-state index contributed by atoms with van der Waals surface area (Å²) in [6.45, 7) is 10.4. The van der Waals surface area contributed by atoms with E-state index in [1.165, 1.54) is 0 Å². The van der Waals surface area contributed by atoms with E-state index in [1.807, 2.05) is 36.7 Å². The van der Waals surface area contributed by atoms with E-state index in [1.54, 1.807) is 7.11 Å². The molecule has 0 saturated carbocycles. The third kappa shape index (κ3) is 3.56. The fourth-order valence-corrected chi connectivity index (χ4v) is 3.45. The zero-order valence-corrected chi connectivity index (χ0v) is 17.1. The van der Waals surface area contributed by atoms with Crippen LogP contribution in [0, 0.1) is 13.8 Å². The number of aliphatic hydroxyl groups excluding tert-OH is 1. The number of nitrogens with zero attached hydrogens (tertiary/aromatic N) is 3. The van der Waals surface area contributed by atoms with Crippen LogP contribution in [0.5, 0.6) is 5.88 Å². The molecule has 0 fully saturated rings. The Morgan fingerprint density at radius 3 is 2.52 bits per heavy atom. The maximum atomic E-state index is 10.5. The smallest absolute Gasteiger partial charge is 0.222 e. The molecule has 0 amide bonds. The molecule has 0 bridgehead atoms. The highest BCUT2D eigenvalue weighted by atomic mass is 16.5. The number of aromatic nitrogens is 3. The number of hydrogen-bond donors (Lipinski definition) is 1. The van der Waals surface area contributed by atoms with Crippen LogP contribution in [0.1, 0.15) is 62.6 Å². The maximum absolute atomic E-state index is 10.5. The van der Waals surface area contributed by atoms with E-state index < -0.39 is 6.23 Å². The summed E-state index contributed by atoms with van der Waals surface area (Å²) in [5.41, 5.74) is 6.70. The number of fused-ring (bicyclic) bond motifs is 1. The summed E-state index contributed by atoms with van der Waals surface area (Å²) in [7, 11) is 1.65. The minimum Gasteiger partial charge on any atom is -0.480 e. The first-order chi connectivity index (χ1) is 12.9. The number of aliphatic hydroxyl groups is 1. The minimum atomic E-state index is -0.528. The van der Waals surface area contributed by atoms with Gasteiger partial charge in [0.2, 0.25) is 5.88 Å². The third-order valence-corrected chi connectivity index (χ3v) is 4.97. The summed E-state index contributed by atoms with van der Waals surface area (Å²) < 4.78 is 7.49. The molecule has 5 heteroatoms. The Kier molecular flexibility index (Phi) is 5.51. The van der Waals surface area contributed by atoms with Gasteiger partial charge < -0.3 is 14.4 Å². The average Bonchev–Trinajstić information content (AvgIpc) is 2.96. The molecule has 0 spiro atoms. The normalized spacial score (nSPS) is 12.7. The van der Waals surface area contributed by atoms with Gasteiger partial charge in [-0.05, 0) is 55.5 Å². The van der Waals surface area contributed by atoms with Crippen molar-refractivity contribution in [2.75, 3.05) is 7.11 Å². The molecule has 0 aliphatic rings. The molecular weight excluding hydrogens is 338 g/mol. The van der Waals surface area contributed by atoms with Crippen LogP contribution in [-0.2, 0) is 0 Å². The van der Waals surface area contributed by atoms with Crippen molar-refractivity contribution in [3.63, 3.8) is 0 Å². The van der Waals surface area contributed by atoms with Crippen LogP contribution in [0.4, 0.5) is 0 Å². The largest absolute Gasteiger partial charge is 0.480 e. The number of aryl methyl sites for hydroxylation is 2. The quantitative estimate of drug-likeness (QED) is 0.655. The lowest BCUT2D eigenvalue weighted by molar-refractivity contribution is 0.0982. The van der Waals surface area contributed by atoms with Gasteiger partial charge >= 0.3 is 0 Å². The van der Waals surface area contributed by atoms with Gasteiger partial charge in [0.15, 0.2) is 0 Å². The summed E-state index contributed by atoms with van der Waals surface area (Å²) in [6.07, 6.45) is 3.10. The van der Waals surface area contributed by atoms with Gasteiger partial charge in [0.1, 0.15) is 6.23 Å². The molecule has 0 aliphatic heterocycles. The minimum absolute atomic E-state index is 0.334. The lowest BCUT2D eigenvalue weighted by Gasteiger charge is -2.15. The summed E-state index contributed by atoms with van der Waals surface area (Å²) in [4.78, 5) is 9.60. The molecule has 0 radical (unpaired) electrons. The average molecular weight is 367 g/mol. The molecule has 0 saturated heterocycles. The SMILES string of the molecule is CCC[C@@H](O)n1cc(C)c2nc(-c3ccc(C(C)C)nc3OC)c(C)cc21. The molecule has 0 aromatic carbocycles. The Morgan fingerprint density at radius 2 is 1.89 bits per heavy atom. The van der Waals surface area contributed by atoms with Gasteiger partial charge in [-0.3, -0.25) is 0 Å². The molecular formula is C22H29N3O2. The molecule has 0 aliphatic carbocycles. The highest BCUT2D eigenvalue weighted by Gasteiger charge is 2.18. The van der Waals surface area contributed by atoms with Gasteiger partial charge in [0.25, 0.3) is 0 Å². The van der Waals surface area contributed by atoms with Gasteiger partial charge in [0, 0.05) is 11.9 Å².